The lowest BCUT2D eigenvalue weighted by Crippen LogP contribution is -2.11. The molecule has 1 N–H and O–H groups in total. The van der Waals surface area contributed by atoms with Gasteiger partial charge in [0.2, 0.25) is 0 Å². The SMILES string of the molecule is C=C.C=CC(C)n1cnc2cc(C(=C)NCc3cccnc3)ccc21.CC. The van der Waals surface area contributed by atoms with Gasteiger partial charge in [-0.3, -0.25) is 4.98 Å². The van der Waals surface area contributed by atoms with E-state index in [1.807, 2.05) is 44.6 Å². The molecule has 2 aromatic heterocycles. The van der Waals surface area contributed by atoms with Crippen LogP contribution in [0.25, 0.3) is 16.7 Å². The van der Waals surface area contributed by atoms with E-state index in [9.17, 15) is 0 Å². The summed E-state index contributed by atoms with van der Waals surface area (Å²) in [6, 6.07) is 10.4. The molecule has 0 bridgehead atoms. The number of pyridine rings is 1. The van der Waals surface area contributed by atoms with E-state index in [2.05, 4.69) is 71.3 Å². The molecule has 4 heteroatoms. The number of hydrogen-bond acceptors (Lipinski definition) is 3. The predicted molar refractivity (Wildman–Crippen MR) is 117 cm³/mol. The van der Waals surface area contributed by atoms with Crippen molar-refractivity contribution in [1.29, 1.82) is 0 Å². The number of benzene rings is 1. The highest BCUT2D eigenvalue weighted by molar-refractivity contribution is 5.80. The second-order valence-corrected chi connectivity index (χ2v) is 5.53. The fourth-order valence-electron chi connectivity index (χ4n) is 2.47. The average Bonchev–Trinajstić information content (AvgIpc) is 3.18. The Bertz CT molecular complexity index is 849. The molecule has 0 amide bonds. The lowest BCUT2D eigenvalue weighted by Gasteiger charge is -2.11. The van der Waals surface area contributed by atoms with E-state index in [1.54, 1.807) is 6.20 Å². The van der Waals surface area contributed by atoms with Gasteiger partial charge in [-0.05, 0) is 36.2 Å². The maximum atomic E-state index is 4.49. The van der Waals surface area contributed by atoms with Gasteiger partial charge in [0.1, 0.15) is 0 Å². The van der Waals surface area contributed by atoms with Crippen molar-refractivity contribution in [1.82, 2.24) is 19.9 Å². The molecule has 2 heterocycles. The van der Waals surface area contributed by atoms with E-state index in [0.717, 1.165) is 27.9 Å². The third-order valence-corrected chi connectivity index (χ3v) is 3.93. The molecule has 0 aliphatic carbocycles. The second kappa shape index (κ2) is 11.5. The molecule has 4 nitrogen and oxygen atoms in total. The fourth-order valence-corrected chi connectivity index (χ4v) is 2.47. The minimum atomic E-state index is 0.220. The highest BCUT2D eigenvalue weighted by atomic mass is 15.1. The molecule has 0 aliphatic heterocycles. The monoisotopic (exact) mass is 362 g/mol. The van der Waals surface area contributed by atoms with Crippen molar-refractivity contribution in [2.45, 2.75) is 33.4 Å². The third-order valence-electron chi connectivity index (χ3n) is 3.93. The maximum absolute atomic E-state index is 4.49. The molecule has 3 aromatic rings. The summed E-state index contributed by atoms with van der Waals surface area (Å²) in [6.07, 6.45) is 7.38. The molecule has 0 spiro atoms. The fraction of sp³-hybridized carbons (Fsp3) is 0.217. The summed E-state index contributed by atoms with van der Waals surface area (Å²) in [4.78, 5) is 8.60. The van der Waals surface area contributed by atoms with Gasteiger partial charge in [0, 0.05) is 24.6 Å². The molecule has 0 fully saturated rings. The van der Waals surface area contributed by atoms with E-state index < -0.39 is 0 Å². The van der Waals surface area contributed by atoms with E-state index in [0.29, 0.717) is 6.54 Å². The molecule has 142 valence electrons. The van der Waals surface area contributed by atoms with E-state index in [4.69, 9.17) is 0 Å². The van der Waals surface area contributed by atoms with E-state index in [-0.39, 0.29) is 6.04 Å². The van der Waals surface area contributed by atoms with Crippen molar-refractivity contribution in [3.05, 3.63) is 92.6 Å². The van der Waals surface area contributed by atoms with Gasteiger partial charge in [0.15, 0.2) is 0 Å². The van der Waals surface area contributed by atoms with Gasteiger partial charge in [-0.25, -0.2) is 4.98 Å². The number of allylic oxidation sites excluding steroid dienone is 1. The summed E-state index contributed by atoms with van der Waals surface area (Å²) in [5.41, 5.74) is 5.10. The van der Waals surface area contributed by atoms with Gasteiger partial charge < -0.3 is 9.88 Å². The second-order valence-electron chi connectivity index (χ2n) is 5.53. The summed E-state index contributed by atoms with van der Waals surface area (Å²) >= 11 is 0. The first kappa shape index (κ1) is 21.9. The normalized spacial score (nSPS) is 10.6. The number of rotatable bonds is 6. The van der Waals surface area contributed by atoms with Gasteiger partial charge in [0.05, 0.1) is 23.4 Å². The molecule has 0 saturated carbocycles. The Kier molecular flexibility index (Phi) is 9.30. The zero-order valence-electron chi connectivity index (χ0n) is 16.7. The summed E-state index contributed by atoms with van der Waals surface area (Å²) in [6.45, 7) is 20.8. The van der Waals surface area contributed by atoms with Gasteiger partial charge in [0.25, 0.3) is 0 Å². The molecule has 0 radical (unpaired) electrons. The lowest BCUT2D eigenvalue weighted by molar-refractivity contribution is 0.682. The maximum Gasteiger partial charge on any atom is 0.0963 e. The van der Waals surface area contributed by atoms with Gasteiger partial charge in [-0.2, -0.15) is 0 Å². The Hall–Kier alpha value is -3.14. The zero-order chi connectivity index (χ0) is 20.2. The van der Waals surface area contributed by atoms with Crippen LogP contribution >= 0.6 is 0 Å². The van der Waals surface area contributed by atoms with Crippen molar-refractivity contribution in [3.63, 3.8) is 0 Å². The minimum absolute atomic E-state index is 0.220. The number of nitrogens with one attached hydrogen (secondary N) is 1. The van der Waals surface area contributed by atoms with Crippen LogP contribution in [-0.2, 0) is 6.54 Å². The first-order valence-electron chi connectivity index (χ1n) is 9.10. The Labute approximate surface area is 163 Å². The Morgan fingerprint density at radius 1 is 1.26 bits per heavy atom. The van der Waals surface area contributed by atoms with E-state index in [1.165, 1.54) is 0 Å². The van der Waals surface area contributed by atoms with Crippen LogP contribution in [0.15, 0.2) is 81.4 Å². The van der Waals surface area contributed by atoms with Crippen LogP contribution < -0.4 is 5.32 Å². The molecular formula is C23H30N4. The number of imidazole rings is 1. The molecule has 27 heavy (non-hydrogen) atoms. The summed E-state index contributed by atoms with van der Waals surface area (Å²) in [5, 5.41) is 3.34. The standard InChI is InChI=1S/C19H20N4.C2H6.C2H4/c1-4-14(2)23-13-22-18-10-17(7-8-19(18)23)15(3)21-12-16-6-5-9-20-11-16;2*1-2/h4-11,13-14,21H,1,3,12H2,2H3;1-2H3;1-2H2. The molecule has 1 aromatic carbocycles. The molecule has 1 atom stereocenters. The van der Waals surface area contributed by atoms with Gasteiger partial charge >= 0.3 is 0 Å². The van der Waals surface area contributed by atoms with Crippen molar-refractivity contribution >= 4 is 16.7 Å². The Morgan fingerprint density at radius 2 is 2.00 bits per heavy atom. The van der Waals surface area contributed by atoms with Crippen molar-refractivity contribution in [2.75, 3.05) is 0 Å². The summed E-state index contributed by atoms with van der Waals surface area (Å²) in [7, 11) is 0. The Morgan fingerprint density at radius 3 is 2.63 bits per heavy atom. The van der Waals surface area contributed by atoms with Crippen LogP contribution in [0.2, 0.25) is 0 Å². The minimum Gasteiger partial charge on any atom is -0.381 e. The van der Waals surface area contributed by atoms with Crippen LogP contribution in [-0.4, -0.2) is 14.5 Å². The van der Waals surface area contributed by atoms with E-state index >= 15 is 0 Å². The molecule has 0 aliphatic rings. The summed E-state index contributed by atoms with van der Waals surface area (Å²) in [5.74, 6) is 0. The van der Waals surface area contributed by atoms with Crippen molar-refractivity contribution < 1.29 is 0 Å². The zero-order valence-corrected chi connectivity index (χ0v) is 16.7. The first-order chi connectivity index (χ1) is 13.2. The Balaban J connectivity index is 0.000000855. The van der Waals surface area contributed by atoms with Crippen LogP contribution in [0.5, 0.6) is 0 Å². The number of nitrogens with zero attached hydrogens (tertiary/aromatic N) is 3. The molecule has 1 unspecified atom stereocenters. The first-order valence-corrected chi connectivity index (χ1v) is 9.10. The van der Waals surface area contributed by atoms with Gasteiger partial charge in [-0.1, -0.05) is 38.6 Å². The number of fused-ring (bicyclic) bond motifs is 1. The number of aromatic nitrogens is 3. The molecule has 0 saturated heterocycles. The van der Waals surface area contributed by atoms with Crippen LogP contribution in [0.3, 0.4) is 0 Å². The van der Waals surface area contributed by atoms with Gasteiger partial charge in [-0.15, -0.1) is 19.7 Å². The van der Waals surface area contributed by atoms with Crippen molar-refractivity contribution in [2.24, 2.45) is 0 Å². The largest absolute Gasteiger partial charge is 0.381 e. The quantitative estimate of drug-likeness (QED) is 0.566. The predicted octanol–water partition coefficient (Wildman–Crippen LogP) is 5.77. The third kappa shape index (κ3) is 5.68. The van der Waals surface area contributed by atoms with Crippen LogP contribution in [0, 0.1) is 0 Å². The summed E-state index contributed by atoms with van der Waals surface area (Å²) < 4.78 is 2.11. The smallest absolute Gasteiger partial charge is 0.0963 e. The van der Waals surface area contributed by atoms with Crippen LogP contribution in [0.1, 0.15) is 37.9 Å². The highest BCUT2D eigenvalue weighted by Gasteiger charge is 2.08. The number of hydrogen-bond donors (Lipinski definition) is 1. The van der Waals surface area contributed by atoms with Crippen LogP contribution in [0.4, 0.5) is 0 Å². The van der Waals surface area contributed by atoms with Crippen molar-refractivity contribution in [3.8, 4) is 0 Å². The highest BCUT2D eigenvalue weighted by Crippen LogP contribution is 2.21. The molecular weight excluding hydrogens is 332 g/mol. The topological polar surface area (TPSA) is 42.7 Å². The average molecular weight is 363 g/mol. The lowest BCUT2D eigenvalue weighted by atomic mass is 10.1. The molecule has 3 rings (SSSR count).